The zero-order valence-electron chi connectivity index (χ0n) is 20.4. The predicted molar refractivity (Wildman–Crippen MR) is 125 cm³/mol. The first-order valence-corrected chi connectivity index (χ1v) is 12.2. The fourth-order valence-corrected chi connectivity index (χ4v) is 4.48. The van der Waals surface area contributed by atoms with Crippen LogP contribution in [0.5, 0.6) is 11.6 Å². The van der Waals surface area contributed by atoms with Crippen molar-refractivity contribution in [1.29, 1.82) is 0 Å². The molecule has 35 heavy (non-hydrogen) atoms. The van der Waals surface area contributed by atoms with Crippen LogP contribution in [0, 0.1) is 6.92 Å². The average Bonchev–Trinajstić information content (AvgIpc) is 3.16. The number of aliphatic hydroxyl groups is 4. The Balaban J connectivity index is 1.52. The molecular formula is C25H36N2O8. The van der Waals surface area contributed by atoms with E-state index in [1.165, 1.54) is 0 Å². The minimum Gasteiger partial charge on any atom is -0.490 e. The van der Waals surface area contributed by atoms with Crippen LogP contribution in [0.3, 0.4) is 0 Å². The molecule has 0 amide bonds. The van der Waals surface area contributed by atoms with E-state index in [0.29, 0.717) is 6.42 Å². The molecular weight excluding hydrogens is 456 g/mol. The van der Waals surface area contributed by atoms with Crippen LogP contribution in [0.25, 0.3) is 0 Å². The van der Waals surface area contributed by atoms with Crippen molar-refractivity contribution in [2.45, 2.75) is 82.9 Å². The van der Waals surface area contributed by atoms with Crippen LogP contribution in [0.2, 0.25) is 0 Å². The Morgan fingerprint density at radius 3 is 2.34 bits per heavy atom. The van der Waals surface area contributed by atoms with Crippen LogP contribution in [0.15, 0.2) is 24.3 Å². The first-order valence-electron chi connectivity index (χ1n) is 12.2. The van der Waals surface area contributed by atoms with E-state index in [2.05, 4.69) is 5.10 Å². The summed E-state index contributed by atoms with van der Waals surface area (Å²) in [6.45, 7) is 6.87. The molecule has 1 aromatic carbocycles. The number of hydrogen-bond acceptors (Lipinski definition) is 9. The SMILES string of the molecule is Cc1c(Cc2ccc(OC3CCOCC3)cc2)c(O[C@@H]2O[C@H](CO)[C@@H](O)[C@H](O)[C@H]2O)nn1C(C)C. The summed E-state index contributed by atoms with van der Waals surface area (Å²) < 4.78 is 24.7. The van der Waals surface area contributed by atoms with Gasteiger partial charge >= 0.3 is 0 Å². The Labute approximate surface area is 205 Å². The lowest BCUT2D eigenvalue weighted by Gasteiger charge is -2.39. The minimum atomic E-state index is -1.52. The number of rotatable bonds is 8. The zero-order chi connectivity index (χ0) is 25.1. The molecule has 10 heteroatoms. The molecule has 0 unspecified atom stereocenters. The number of benzene rings is 1. The van der Waals surface area contributed by atoms with Gasteiger partial charge < -0.3 is 39.4 Å². The molecule has 2 aliphatic heterocycles. The topological polar surface area (TPSA) is 136 Å². The Morgan fingerprint density at radius 1 is 1.03 bits per heavy atom. The molecule has 1 aromatic heterocycles. The van der Waals surface area contributed by atoms with Crippen molar-refractivity contribution in [3.8, 4) is 11.6 Å². The zero-order valence-corrected chi connectivity index (χ0v) is 20.4. The number of nitrogens with zero attached hydrogens (tertiary/aromatic N) is 2. The summed E-state index contributed by atoms with van der Waals surface area (Å²) in [7, 11) is 0. The highest BCUT2D eigenvalue weighted by Crippen LogP contribution is 2.31. The molecule has 2 aliphatic rings. The van der Waals surface area contributed by atoms with Gasteiger partial charge in [-0.15, -0.1) is 5.10 Å². The molecule has 4 N–H and O–H groups in total. The van der Waals surface area contributed by atoms with Crippen LogP contribution >= 0.6 is 0 Å². The van der Waals surface area contributed by atoms with Crippen LogP contribution in [-0.4, -0.2) is 86.8 Å². The van der Waals surface area contributed by atoms with Crippen LogP contribution < -0.4 is 9.47 Å². The Morgan fingerprint density at radius 2 is 1.71 bits per heavy atom. The fraction of sp³-hybridized carbons (Fsp3) is 0.640. The second-order valence-corrected chi connectivity index (χ2v) is 9.47. The lowest BCUT2D eigenvalue weighted by molar-refractivity contribution is -0.278. The smallest absolute Gasteiger partial charge is 0.239 e. The third kappa shape index (κ3) is 5.79. The van der Waals surface area contributed by atoms with Gasteiger partial charge in [-0.25, -0.2) is 0 Å². The summed E-state index contributed by atoms with van der Waals surface area (Å²) in [5.74, 6) is 1.08. The Kier molecular flexibility index (Phi) is 8.31. The van der Waals surface area contributed by atoms with Crippen molar-refractivity contribution in [2.24, 2.45) is 0 Å². The van der Waals surface area contributed by atoms with Crippen molar-refractivity contribution in [3.05, 3.63) is 41.1 Å². The molecule has 194 valence electrons. The molecule has 2 aromatic rings. The molecule has 0 bridgehead atoms. The van der Waals surface area contributed by atoms with Crippen LogP contribution in [0.4, 0.5) is 0 Å². The summed E-state index contributed by atoms with van der Waals surface area (Å²) in [5.41, 5.74) is 2.74. The molecule has 0 radical (unpaired) electrons. The highest BCUT2D eigenvalue weighted by molar-refractivity contribution is 5.38. The van der Waals surface area contributed by atoms with Gasteiger partial charge in [0, 0.05) is 36.6 Å². The molecule has 10 nitrogen and oxygen atoms in total. The highest BCUT2D eigenvalue weighted by Gasteiger charge is 2.45. The normalized spacial score (nSPS) is 27.8. The van der Waals surface area contributed by atoms with E-state index in [9.17, 15) is 20.4 Å². The van der Waals surface area contributed by atoms with Gasteiger partial charge in [0.15, 0.2) is 0 Å². The van der Waals surface area contributed by atoms with E-state index in [4.69, 9.17) is 18.9 Å². The summed E-state index contributed by atoms with van der Waals surface area (Å²) >= 11 is 0. The summed E-state index contributed by atoms with van der Waals surface area (Å²) in [6.07, 6.45) is -4.39. The number of ether oxygens (including phenoxy) is 4. The number of hydrogen-bond donors (Lipinski definition) is 4. The summed E-state index contributed by atoms with van der Waals surface area (Å²) in [4.78, 5) is 0. The third-order valence-corrected chi connectivity index (χ3v) is 6.58. The van der Waals surface area contributed by atoms with Gasteiger partial charge in [-0.3, -0.25) is 4.68 Å². The van der Waals surface area contributed by atoms with E-state index < -0.39 is 37.3 Å². The minimum absolute atomic E-state index is 0.0659. The maximum absolute atomic E-state index is 10.4. The van der Waals surface area contributed by atoms with E-state index in [1.807, 2.05) is 49.7 Å². The molecule has 0 spiro atoms. The lowest BCUT2D eigenvalue weighted by Crippen LogP contribution is -2.60. The molecule has 5 atom stereocenters. The Bertz CT molecular complexity index is 955. The molecule has 3 heterocycles. The van der Waals surface area contributed by atoms with Gasteiger partial charge in [0.2, 0.25) is 12.2 Å². The molecule has 0 saturated carbocycles. The van der Waals surface area contributed by atoms with Crippen molar-refractivity contribution in [1.82, 2.24) is 9.78 Å². The number of aromatic nitrogens is 2. The van der Waals surface area contributed by atoms with Gasteiger partial charge in [-0.05, 0) is 38.5 Å². The van der Waals surface area contributed by atoms with E-state index >= 15 is 0 Å². The van der Waals surface area contributed by atoms with Gasteiger partial charge in [0.05, 0.1) is 19.8 Å². The lowest BCUT2D eigenvalue weighted by atomic mass is 9.99. The first kappa shape index (κ1) is 25.9. The second-order valence-electron chi connectivity index (χ2n) is 9.47. The molecule has 4 rings (SSSR count). The molecule has 2 fully saturated rings. The molecule has 0 aliphatic carbocycles. The average molecular weight is 493 g/mol. The monoisotopic (exact) mass is 492 g/mol. The van der Waals surface area contributed by atoms with E-state index in [0.717, 1.165) is 48.6 Å². The van der Waals surface area contributed by atoms with E-state index in [-0.39, 0.29) is 18.0 Å². The van der Waals surface area contributed by atoms with Crippen molar-refractivity contribution < 1.29 is 39.4 Å². The summed E-state index contributed by atoms with van der Waals surface area (Å²) in [5, 5.41) is 44.7. The first-order chi connectivity index (χ1) is 16.8. The standard InChI is InChI=1S/C25H36N2O8/c1-14(2)27-15(3)19(12-16-4-6-17(7-5-16)33-18-8-10-32-11-9-18)24(26-27)35-25-23(31)22(30)21(29)20(13-28)34-25/h4-7,14,18,20-23,25,28-31H,8-13H2,1-3H3/t20-,21-,22+,23-,25+/m1/s1. The molecule has 2 saturated heterocycles. The van der Waals surface area contributed by atoms with Crippen LogP contribution in [-0.2, 0) is 15.9 Å². The largest absolute Gasteiger partial charge is 0.490 e. The van der Waals surface area contributed by atoms with Gasteiger partial charge in [0.25, 0.3) is 0 Å². The van der Waals surface area contributed by atoms with Crippen LogP contribution in [0.1, 0.15) is 49.6 Å². The van der Waals surface area contributed by atoms with Gasteiger partial charge in [0.1, 0.15) is 36.3 Å². The number of aliphatic hydroxyl groups excluding tert-OH is 4. The third-order valence-electron chi connectivity index (χ3n) is 6.58. The maximum Gasteiger partial charge on any atom is 0.239 e. The fourth-order valence-electron chi connectivity index (χ4n) is 4.48. The predicted octanol–water partition coefficient (Wildman–Crippen LogP) is 1.10. The quantitative estimate of drug-likeness (QED) is 0.427. The second kappa shape index (κ2) is 11.2. The van der Waals surface area contributed by atoms with Crippen molar-refractivity contribution >= 4 is 0 Å². The Hall–Kier alpha value is -2.21. The van der Waals surface area contributed by atoms with Crippen molar-refractivity contribution in [2.75, 3.05) is 19.8 Å². The van der Waals surface area contributed by atoms with Gasteiger partial charge in [-0.2, -0.15) is 0 Å². The highest BCUT2D eigenvalue weighted by atomic mass is 16.7. The maximum atomic E-state index is 10.4. The van der Waals surface area contributed by atoms with E-state index in [1.54, 1.807) is 0 Å². The summed E-state index contributed by atoms with van der Waals surface area (Å²) in [6, 6.07) is 7.96. The van der Waals surface area contributed by atoms with Gasteiger partial charge in [-0.1, -0.05) is 12.1 Å². The van der Waals surface area contributed by atoms with Crippen molar-refractivity contribution in [3.63, 3.8) is 0 Å².